The first-order chi connectivity index (χ1) is 20.8. The normalized spacial score (nSPS) is 22.8. The summed E-state index contributed by atoms with van der Waals surface area (Å²) in [6, 6.07) is 35.9. The van der Waals surface area contributed by atoms with Crippen molar-refractivity contribution in [2.45, 2.75) is 62.4 Å². The van der Waals surface area contributed by atoms with Crippen molar-refractivity contribution in [3.05, 3.63) is 138 Å². The number of aliphatic hydroxyl groups excluding tert-OH is 1. The van der Waals surface area contributed by atoms with E-state index in [1.54, 1.807) is 31.2 Å². The second-order valence-electron chi connectivity index (χ2n) is 11.2. The molecule has 4 aromatic carbocycles. The van der Waals surface area contributed by atoms with E-state index in [4.69, 9.17) is 14.2 Å². The minimum absolute atomic E-state index is 0.0231. The van der Waals surface area contributed by atoms with Crippen LogP contribution >= 0.6 is 0 Å². The second-order valence-corrected chi connectivity index (χ2v) is 13.0. The van der Waals surface area contributed by atoms with Gasteiger partial charge in [-0.2, -0.15) is 4.31 Å². The third-order valence-corrected chi connectivity index (χ3v) is 10.0. The summed E-state index contributed by atoms with van der Waals surface area (Å²) in [5.74, 6) is 0. The molecule has 0 aromatic heterocycles. The highest BCUT2D eigenvalue weighted by atomic mass is 32.2. The van der Waals surface area contributed by atoms with Crippen LogP contribution in [0.1, 0.15) is 29.2 Å². The van der Waals surface area contributed by atoms with Crippen molar-refractivity contribution in [2.24, 2.45) is 0 Å². The lowest BCUT2D eigenvalue weighted by Crippen LogP contribution is -2.72. The highest BCUT2D eigenvalue weighted by Crippen LogP contribution is 2.39. The van der Waals surface area contributed by atoms with Crippen LogP contribution in [-0.4, -0.2) is 54.8 Å². The van der Waals surface area contributed by atoms with E-state index < -0.39 is 40.5 Å². The maximum absolute atomic E-state index is 14.3. The molecule has 226 valence electrons. The summed E-state index contributed by atoms with van der Waals surface area (Å²) < 4.78 is 49.5. The molecule has 7 nitrogen and oxygen atoms in total. The minimum atomic E-state index is -4.06. The summed E-state index contributed by atoms with van der Waals surface area (Å²) in [6.45, 7) is 3.87. The van der Waals surface area contributed by atoms with Gasteiger partial charge < -0.3 is 19.3 Å². The van der Waals surface area contributed by atoms with Crippen molar-refractivity contribution in [2.75, 3.05) is 13.2 Å². The number of nitrogens with zero attached hydrogens (tertiary/aromatic N) is 1. The molecular formula is C35H39NO6S. The summed E-state index contributed by atoms with van der Waals surface area (Å²) in [5.41, 5.74) is 2.43. The van der Waals surface area contributed by atoms with Gasteiger partial charge in [-0.1, -0.05) is 109 Å². The molecule has 0 spiro atoms. The van der Waals surface area contributed by atoms with Crippen LogP contribution in [0.15, 0.2) is 120 Å². The molecule has 1 aliphatic heterocycles. The molecule has 1 heterocycles. The lowest BCUT2D eigenvalue weighted by Gasteiger charge is -2.53. The Morgan fingerprint density at radius 3 is 1.67 bits per heavy atom. The van der Waals surface area contributed by atoms with Crippen LogP contribution in [0, 0.1) is 6.92 Å². The van der Waals surface area contributed by atoms with Crippen molar-refractivity contribution in [3.8, 4) is 0 Å². The van der Waals surface area contributed by atoms with Gasteiger partial charge in [0, 0.05) is 6.54 Å². The van der Waals surface area contributed by atoms with Crippen molar-refractivity contribution in [3.63, 3.8) is 0 Å². The van der Waals surface area contributed by atoms with E-state index in [1.807, 2.05) is 97.9 Å². The van der Waals surface area contributed by atoms with Crippen molar-refractivity contribution >= 4 is 10.0 Å². The fraction of sp³-hybridized carbons (Fsp3) is 0.314. The molecule has 1 saturated heterocycles. The van der Waals surface area contributed by atoms with E-state index in [-0.39, 0.29) is 31.3 Å². The Morgan fingerprint density at radius 1 is 0.721 bits per heavy atom. The van der Waals surface area contributed by atoms with Gasteiger partial charge in [0.25, 0.3) is 0 Å². The minimum Gasteiger partial charge on any atom is -0.394 e. The molecule has 1 fully saturated rings. The van der Waals surface area contributed by atoms with Crippen LogP contribution < -0.4 is 0 Å². The maximum Gasteiger partial charge on any atom is 0.243 e. The molecule has 5 rings (SSSR count). The van der Waals surface area contributed by atoms with Gasteiger partial charge in [-0.05, 0) is 42.7 Å². The predicted octanol–water partition coefficient (Wildman–Crippen LogP) is 5.51. The number of sulfonamides is 1. The van der Waals surface area contributed by atoms with E-state index in [1.165, 1.54) is 4.31 Å². The topological polar surface area (TPSA) is 85.3 Å². The molecule has 0 bridgehead atoms. The Bertz CT molecular complexity index is 1530. The van der Waals surface area contributed by atoms with Gasteiger partial charge in [0.1, 0.15) is 18.3 Å². The van der Waals surface area contributed by atoms with Gasteiger partial charge in [-0.15, -0.1) is 0 Å². The molecule has 1 aliphatic rings. The zero-order valence-electron chi connectivity index (χ0n) is 24.6. The standard InChI is InChI=1S/C35H39NO6S/c1-27-18-20-31(21-19-27)43(38,39)36-22-32(40-23-28-12-6-3-7-13-28)33(41-24-29-14-8-4-9-15-29)34(35(36,2)26-37)42-25-30-16-10-5-11-17-30/h3-21,32-34,37H,22-26H2,1-2H3/t32-,33+,34+,35-/m1/s1. The molecule has 1 N–H and O–H groups in total. The third-order valence-electron chi connectivity index (χ3n) is 7.99. The largest absolute Gasteiger partial charge is 0.394 e. The SMILES string of the molecule is Cc1ccc(S(=O)(=O)N2C[C@@H](OCc3ccccc3)[C@H](OCc3ccccc3)[C@H](OCc3ccccc3)[C@@]2(C)CO)cc1. The molecule has 43 heavy (non-hydrogen) atoms. The monoisotopic (exact) mass is 601 g/mol. The fourth-order valence-electron chi connectivity index (χ4n) is 5.47. The van der Waals surface area contributed by atoms with Gasteiger partial charge >= 0.3 is 0 Å². The molecule has 0 amide bonds. The molecule has 4 atom stereocenters. The van der Waals surface area contributed by atoms with Gasteiger partial charge in [-0.25, -0.2) is 8.42 Å². The van der Waals surface area contributed by atoms with Crippen LogP contribution in [0.2, 0.25) is 0 Å². The van der Waals surface area contributed by atoms with Crippen molar-refractivity contribution < 1.29 is 27.7 Å². The van der Waals surface area contributed by atoms with Gasteiger partial charge in [0.2, 0.25) is 10.0 Å². The molecule has 0 aliphatic carbocycles. The number of aryl methyl sites for hydroxylation is 1. The van der Waals surface area contributed by atoms with E-state index in [0.717, 1.165) is 22.3 Å². The number of hydrogen-bond donors (Lipinski definition) is 1. The number of hydrogen-bond acceptors (Lipinski definition) is 6. The third kappa shape index (κ3) is 7.24. The highest BCUT2D eigenvalue weighted by Gasteiger charge is 2.57. The van der Waals surface area contributed by atoms with Crippen LogP contribution in [0.25, 0.3) is 0 Å². The Hall–Kier alpha value is -3.37. The van der Waals surface area contributed by atoms with Crippen LogP contribution in [0.4, 0.5) is 0 Å². The van der Waals surface area contributed by atoms with Crippen LogP contribution in [0.5, 0.6) is 0 Å². The van der Waals surface area contributed by atoms with E-state index in [0.29, 0.717) is 0 Å². The lowest BCUT2D eigenvalue weighted by atomic mass is 9.84. The first kappa shape index (κ1) is 31.1. The first-order valence-electron chi connectivity index (χ1n) is 14.5. The summed E-state index contributed by atoms with van der Waals surface area (Å²) in [5, 5.41) is 11.0. The zero-order chi connectivity index (χ0) is 30.3. The Labute approximate surface area is 254 Å². The van der Waals surface area contributed by atoms with Gasteiger partial charge in [0.15, 0.2) is 0 Å². The smallest absolute Gasteiger partial charge is 0.243 e. The Balaban J connectivity index is 1.54. The highest BCUT2D eigenvalue weighted by molar-refractivity contribution is 7.89. The first-order valence-corrected chi connectivity index (χ1v) is 15.9. The fourth-order valence-corrected chi connectivity index (χ4v) is 7.26. The van der Waals surface area contributed by atoms with Crippen molar-refractivity contribution in [1.29, 1.82) is 0 Å². The molecule has 0 radical (unpaired) electrons. The molecule has 8 heteroatoms. The number of piperidine rings is 1. The number of rotatable bonds is 12. The summed E-state index contributed by atoms with van der Waals surface area (Å²) in [4.78, 5) is 0.144. The molecule has 0 saturated carbocycles. The van der Waals surface area contributed by atoms with E-state index >= 15 is 0 Å². The van der Waals surface area contributed by atoms with Gasteiger partial charge in [-0.3, -0.25) is 0 Å². The zero-order valence-corrected chi connectivity index (χ0v) is 25.4. The summed E-state index contributed by atoms with van der Waals surface area (Å²) in [7, 11) is -4.06. The lowest BCUT2D eigenvalue weighted by molar-refractivity contribution is -0.218. The molecule has 4 aromatic rings. The quantitative estimate of drug-likeness (QED) is 0.231. The maximum atomic E-state index is 14.3. The second kappa shape index (κ2) is 13.9. The van der Waals surface area contributed by atoms with Crippen molar-refractivity contribution in [1.82, 2.24) is 4.31 Å². The summed E-state index contributed by atoms with van der Waals surface area (Å²) in [6.07, 6.45) is -2.24. The molecule has 0 unspecified atom stereocenters. The number of benzene rings is 4. The average molecular weight is 602 g/mol. The van der Waals surface area contributed by atoms with E-state index in [2.05, 4.69) is 0 Å². The van der Waals surface area contributed by atoms with Crippen LogP contribution in [0.3, 0.4) is 0 Å². The predicted molar refractivity (Wildman–Crippen MR) is 166 cm³/mol. The number of aliphatic hydroxyl groups is 1. The Kier molecular flexibility index (Phi) is 10.1. The molecular weight excluding hydrogens is 562 g/mol. The van der Waals surface area contributed by atoms with Crippen LogP contribution in [-0.2, 0) is 44.1 Å². The summed E-state index contributed by atoms with van der Waals surface area (Å²) >= 11 is 0. The van der Waals surface area contributed by atoms with E-state index in [9.17, 15) is 13.5 Å². The van der Waals surface area contributed by atoms with Gasteiger partial charge in [0.05, 0.1) is 36.9 Å². The average Bonchev–Trinajstić information content (AvgIpc) is 3.04. The Morgan fingerprint density at radius 2 is 1.19 bits per heavy atom. The number of ether oxygens (including phenoxy) is 3.